The van der Waals surface area contributed by atoms with Crippen molar-refractivity contribution in [3.05, 3.63) is 16.7 Å². The molecule has 0 aromatic carbocycles. The van der Waals surface area contributed by atoms with Crippen molar-refractivity contribution in [1.82, 2.24) is 4.98 Å². The average Bonchev–Trinajstić information content (AvgIpc) is 2.31. The minimum atomic E-state index is 0.699. The molecule has 4 heteroatoms. The summed E-state index contributed by atoms with van der Waals surface area (Å²) in [6.45, 7) is 5.42. The lowest BCUT2D eigenvalue weighted by molar-refractivity contribution is 0.472. The molecule has 1 heterocycles. The zero-order valence-corrected chi connectivity index (χ0v) is 12.3. The molecule has 0 amide bonds. The first-order valence-corrected chi connectivity index (χ1v) is 7.11. The maximum atomic E-state index is 5.89. The van der Waals surface area contributed by atoms with Gasteiger partial charge in [0.15, 0.2) is 0 Å². The van der Waals surface area contributed by atoms with Gasteiger partial charge >= 0.3 is 0 Å². The van der Waals surface area contributed by atoms with Gasteiger partial charge in [-0.1, -0.05) is 33.1 Å². The molecule has 0 fully saturated rings. The van der Waals surface area contributed by atoms with Crippen LogP contribution in [0.5, 0.6) is 0 Å². The van der Waals surface area contributed by atoms with Crippen molar-refractivity contribution in [1.29, 1.82) is 0 Å². The van der Waals surface area contributed by atoms with E-state index in [1.165, 1.54) is 25.7 Å². The van der Waals surface area contributed by atoms with Crippen molar-refractivity contribution in [3.63, 3.8) is 0 Å². The Bertz CT molecular complexity index is 341. The number of aromatic nitrogens is 1. The summed E-state index contributed by atoms with van der Waals surface area (Å²) in [5.74, 6) is 1.50. The molecule has 0 aliphatic heterocycles. The largest absolute Gasteiger partial charge is 0.396 e. The van der Waals surface area contributed by atoms with Gasteiger partial charge in [-0.25, -0.2) is 4.98 Å². The van der Waals surface area contributed by atoms with Crippen molar-refractivity contribution >= 4 is 27.4 Å². The fraction of sp³-hybridized carbons (Fsp3) is 0.615. The van der Waals surface area contributed by atoms with E-state index < -0.39 is 0 Å². The molecule has 96 valence electrons. The third-order valence-electron chi connectivity index (χ3n) is 2.99. The molecule has 0 bridgehead atoms. The Kier molecular flexibility index (Phi) is 6.34. The van der Waals surface area contributed by atoms with Gasteiger partial charge in [0.05, 0.1) is 5.69 Å². The Morgan fingerprint density at radius 1 is 1.47 bits per heavy atom. The minimum absolute atomic E-state index is 0.699. The molecule has 1 aromatic rings. The summed E-state index contributed by atoms with van der Waals surface area (Å²) < 4.78 is 0.915. The highest BCUT2D eigenvalue weighted by Crippen LogP contribution is 2.21. The van der Waals surface area contributed by atoms with E-state index in [1.807, 2.05) is 6.07 Å². The molecule has 0 radical (unpaired) electrons. The molecule has 1 rings (SSSR count). The van der Waals surface area contributed by atoms with Crippen LogP contribution >= 0.6 is 15.9 Å². The van der Waals surface area contributed by atoms with E-state index in [2.05, 4.69) is 40.1 Å². The van der Waals surface area contributed by atoms with Crippen LogP contribution < -0.4 is 11.1 Å². The summed E-state index contributed by atoms with van der Waals surface area (Å²) in [6, 6.07) is 1.88. The van der Waals surface area contributed by atoms with Crippen molar-refractivity contribution in [2.24, 2.45) is 5.92 Å². The summed E-state index contributed by atoms with van der Waals surface area (Å²) in [5.41, 5.74) is 6.59. The van der Waals surface area contributed by atoms with Gasteiger partial charge in [-0.2, -0.15) is 0 Å². The van der Waals surface area contributed by atoms with Gasteiger partial charge in [0, 0.05) is 17.2 Å². The maximum absolute atomic E-state index is 5.89. The van der Waals surface area contributed by atoms with Gasteiger partial charge < -0.3 is 11.1 Å². The monoisotopic (exact) mass is 299 g/mol. The zero-order valence-electron chi connectivity index (χ0n) is 10.7. The van der Waals surface area contributed by atoms with Crippen LogP contribution in [0.3, 0.4) is 0 Å². The van der Waals surface area contributed by atoms with Gasteiger partial charge in [-0.15, -0.1) is 0 Å². The molecule has 0 spiro atoms. The summed E-state index contributed by atoms with van der Waals surface area (Å²) in [5, 5.41) is 3.34. The lowest BCUT2D eigenvalue weighted by Gasteiger charge is -2.16. The number of hydrogen-bond acceptors (Lipinski definition) is 3. The van der Waals surface area contributed by atoms with Crippen LogP contribution in [0, 0.1) is 5.92 Å². The molecule has 17 heavy (non-hydrogen) atoms. The van der Waals surface area contributed by atoms with Crippen LogP contribution in [0.15, 0.2) is 16.7 Å². The molecular weight excluding hydrogens is 278 g/mol. The summed E-state index contributed by atoms with van der Waals surface area (Å²) in [4.78, 5) is 4.28. The highest BCUT2D eigenvalue weighted by molar-refractivity contribution is 9.10. The van der Waals surface area contributed by atoms with Gasteiger partial charge in [0.25, 0.3) is 0 Å². The third-order valence-corrected chi connectivity index (χ3v) is 3.42. The smallest absolute Gasteiger partial charge is 0.149 e. The predicted molar refractivity (Wildman–Crippen MR) is 78.1 cm³/mol. The normalized spacial score (nSPS) is 12.4. The number of nitrogen functional groups attached to an aromatic ring is 1. The van der Waals surface area contributed by atoms with Crippen molar-refractivity contribution in [3.8, 4) is 0 Å². The molecule has 3 N–H and O–H groups in total. The number of pyridine rings is 1. The quantitative estimate of drug-likeness (QED) is 0.798. The topological polar surface area (TPSA) is 50.9 Å². The second-order valence-corrected chi connectivity index (χ2v) is 5.30. The molecule has 1 atom stereocenters. The predicted octanol–water partition coefficient (Wildman–Crippen LogP) is 4.05. The molecule has 1 unspecified atom stereocenters. The average molecular weight is 300 g/mol. The van der Waals surface area contributed by atoms with Crippen LogP contribution in [-0.4, -0.2) is 11.5 Å². The Hall–Kier alpha value is -0.770. The van der Waals surface area contributed by atoms with Crippen LogP contribution in [0.25, 0.3) is 0 Å². The van der Waals surface area contributed by atoms with E-state index in [9.17, 15) is 0 Å². The van der Waals surface area contributed by atoms with E-state index in [4.69, 9.17) is 5.73 Å². The van der Waals surface area contributed by atoms with E-state index >= 15 is 0 Å². The maximum Gasteiger partial charge on any atom is 0.149 e. The Morgan fingerprint density at radius 3 is 2.82 bits per heavy atom. The fourth-order valence-electron chi connectivity index (χ4n) is 1.79. The molecule has 0 aliphatic rings. The van der Waals surface area contributed by atoms with Crippen molar-refractivity contribution < 1.29 is 0 Å². The molecule has 3 nitrogen and oxygen atoms in total. The van der Waals surface area contributed by atoms with Gasteiger partial charge in [-0.05, 0) is 34.3 Å². The van der Waals surface area contributed by atoms with Gasteiger partial charge in [-0.3, -0.25) is 0 Å². The first-order chi connectivity index (χ1) is 8.17. The number of anilines is 2. The lowest BCUT2D eigenvalue weighted by atomic mass is 9.99. The zero-order chi connectivity index (χ0) is 12.7. The second kappa shape index (κ2) is 7.54. The highest BCUT2D eigenvalue weighted by Gasteiger charge is 2.07. The summed E-state index contributed by atoms with van der Waals surface area (Å²) in [6.07, 6.45) is 6.80. The summed E-state index contributed by atoms with van der Waals surface area (Å²) >= 11 is 3.35. The second-order valence-electron chi connectivity index (χ2n) is 4.39. The van der Waals surface area contributed by atoms with Crippen molar-refractivity contribution in [2.45, 2.75) is 39.5 Å². The lowest BCUT2D eigenvalue weighted by Crippen LogP contribution is -2.15. The fourth-order valence-corrected chi connectivity index (χ4v) is 2.14. The van der Waals surface area contributed by atoms with E-state index in [-0.39, 0.29) is 0 Å². The number of nitrogens with two attached hydrogens (primary N) is 1. The number of unbranched alkanes of at least 4 members (excludes halogenated alkanes) is 1. The first kappa shape index (κ1) is 14.3. The van der Waals surface area contributed by atoms with Gasteiger partial charge in [0.1, 0.15) is 5.82 Å². The Balaban J connectivity index is 2.47. The van der Waals surface area contributed by atoms with Gasteiger partial charge in [0.2, 0.25) is 0 Å². The number of nitrogens with zero attached hydrogens (tertiary/aromatic N) is 1. The number of hydrogen-bond donors (Lipinski definition) is 2. The first-order valence-electron chi connectivity index (χ1n) is 6.32. The number of rotatable bonds is 7. The molecule has 0 saturated heterocycles. The number of nitrogens with one attached hydrogen (secondary N) is 1. The van der Waals surface area contributed by atoms with E-state index in [1.54, 1.807) is 6.20 Å². The Morgan fingerprint density at radius 2 is 2.24 bits per heavy atom. The SMILES string of the molecule is CCCCC(CC)CNc1ncc(Br)cc1N. The van der Waals surface area contributed by atoms with Crippen LogP contribution in [0.2, 0.25) is 0 Å². The van der Waals surface area contributed by atoms with E-state index in [0.717, 1.165) is 16.8 Å². The molecule has 1 aromatic heterocycles. The molecule has 0 aliphatic carbocycles. The van der Waals surface area contributed by atoms with E-state index in [0.29, 0.717) is 11.6 Å². The minimum Gasteiger partial charge on any atom is -0.396 e. The third kappa shape index (κ3) is 4.94. The highest BCUT2D eigenvalue weighted by atomic mass is 79.9. The molecule has 0 saturated carbocycles. The van der Waals surface area contributed by atoms with Crippen molar-refractivity contribution in [2.75, 3.05) is 17.6 Å². The number of halogens is 1. The standard InChI is InChI=1S/C13H22BrN3/c1-3-5-6-10(4-2)8-16-13-12(15)7-11(14)9-17-13/h7,9-10H,3-6,8,15H2,1-2H3,(H,16,17). The Labute approximate surface area is 112 Å². The summed E-state index contributed by atoms with van der Waals surface area (Å²) in [7, 11) is 0. The molecular formula is C13H22BrN3. The van der Waals surface area contributed by atoms with Crippen LogP contribution in [-0.2, 0) is 0 Å². The van der Waals surface area contributed by atoms with Crippen LogP contribution in [0.1, 0.15) is 39.5 Å². The van der Waals surface area contributed by atoms with Crippen LogP contribution in [0.4, 0.5) is 11.5 Å².